The van der Waals surface area contributed by atoms with Crippen LogP contribution in [0.4, 0.5) is 5.95 Å². The van der Waals surface area contributed by atoms with Crippen molar-refractivity contribution in [3.63, 3.8) is 0 Å². The lowest BCUT2D eigenvalue weighted by molar-refractivity contribution is -0.115. The minimum absolute atomic E-state index is 0.449. The number of allylic oxidation sites excluding steroid dienone is 1. The molecule has 2 N–H and O–H groups in total. The Hall–Kier alpha value is -1.92. The number of aromatic nitrogens is 4. The summed E-state index contributed by atoms with van der Waals surface area (Å²) in [5.74, 6) is 0.156. The third-order valence-electron chi connectivity index (χ3n) is 3.01. The highest BCUT2D eigenvalue weighted by Crippen LogP contribution is 2.36. The Kier molecular flexibility index (Phi) is 2.01. The number of rotatable bonds is 1. The average molecular weight is 222 g/mol. The van der Waals surface area contributed by atoms with E-state index < -0.39 is 11.4 Å². The number of hydrogen-bond donors (Lipinski definition) is 1. The van der Waals surface area contributed by atoms with Crippen LogP contribution in [0.5, 0.6) is 0 Å². The third-order valence-corrected chi connectivity index (χ3v) is 3.01. The molecular weight excluding hydrogens is 208 g/mol. The predicted octanol–water partition coefficient (Wildman–Crippen LogP) is -0.383. The van der Waals surface area contributed by atoms with Crippen LogP contribution >= 0.6 is 0 Å². The molecule has 1 aromatic heterocycles. The van der Waals surface area contributed by atoms with Gasteiger partial charge in [-0.2, -0.15) is 0 Å². The molecule has 1 amide bonds. The molecule has 2 heterocycles. The molecule has 0 bridgehead atoms. The zero-order valence-electron chi connectivity index (χ0n) is 9.72. The number of hydrogen-bond acceptors (Lipinski definition) is 5. The van der Waals surface area contributed by atoms with Gasteiger partial charge in [0, 0.05) is 12.7 Å². The van der Waals surface area contributed by atoms with Crippen LogP contribution in [-0.2, 0) is 10.3 Å². The van der Waals surface area contributed by atoms with E-state index >= 15 is 0 Å². The van der Waals surface area contributed by atoms with E-state index in [1.807, 2.05) is 20.8 Å². The van der Waals surface area contributed by atoms with Gasteiger partial charge >= 0.3 is 0 Å². The molecule has 86 valence electrons. The van der Waals surface area contributed by atoms with Crippen molar-refractivity contribution in [1.29, 1.82) is 0 Å². The minimum Gasteiger partial charge on any atom is -0.366 e. The van der Waals surface area contributed by atoms with Gasteiger partial charge in [0.2, 0.25) is 11.9 Å². The number of amides is 1. The summed E-state index contributed by atoms with van der Waals surface area (Å²) in [5, 5.41) is 11.4. The molecule has 0 aliphatic carbocycles. The number of carbonyl (C=O) groups is 1. The normalized spacial score (nSPS) is 18.6. The monoisotopic (exact) mass is 222 g/mol. The third kappa shape index (κ3) is 1.14. The Bertz CT molecular complexity index is 486. The molecule has 7 heteroatoms. The molecule has 7 nitrogen and oxygen atoms in total. The summed E-state index contributed by atoms with van der Waals surface area (Å²) >= 11 is 0. The quantitative estimate of drug-likeness (QED) is 0.699. The van der Waals surface area contributed by atoms with E-state index in [0.717, 1.165) is 5.70 Å². The molecule has 0 aromatic carbocycles. The SMILES string of the molecule is CC1=C(C(N)=O)C(C)(C)n2nnnc2N1C. The van der Waals surface area contributed by atoms with E-state index in [2.05, 4.69) is 15.5 Å². The van der Waals surface area contributed by atoms with Crippen molar-refractivity contribution in [2.24, 2.45) is 5.73 Å². The van der Waals surface area contributed by atoms with Crippen LogP contribution in [0.3, 0.4) is 0 Å². The van der Waals surface area contributed by atoms with E-state index in [1.54, 1.807) is 16.6 Å². The number of fused-ring (bicyclic) bond motifs is 1. The van der Waals surface area contributed by atoms with E-state index in [0.29, 0.717) is 11.5 Å². The van der Waals surface area contributed by atoms with Crippen molar-refractivity contribution in [2.75, 3.05) is 11.9 Å². The first-order chi connectivity index (χ1) is 7.37. The molecule has 1 aromatic rings. The fraction of sp³-hybridized carbons (Fsp3) is 0.556. The summed E-state index contributed by atoms with van der Waals surface area (Å²) in [6, 6.07) is 0. The van der Waals surface area contributed by atoms with Crippen molar-refractivity contribution < 1.29 is 4.79 Å². The number of primary amides is 1. The summed E-state index contributed by atoms with van der Waals surface area (Å²) in [4.78, 5) is 13.3. The van der Waals surface area contributed by atoms with E-state index in [-0.39, 0.29) is 0 Å². The Morgan fingerprint density at radius 3 is 2.62 bits per heavy atom. The molecule has 0 fully saturated rings. The highest BCUT2D eigenvalue weighted by Gasteiger charge is 2.40. The second kappa shape index (κ2) is 3.03. The topological polar surface area (TPSA) is 89.9 Å². The van der Waals surface area contributed by atoms with Crippen LogP contribution in [0.15, 0.2) is 11.3 Å². The first-order valence-corrected chi connectivity index (χ1v) is 4.91. The van der Waals surface area contributed by atoms with Gasteiger partial charge in [0.1, 0.15) is 0 Å². The zero-order chi connectivity index (χ0) is 12.1. The number of tetrazole rings is 1. The molecular formula is C9H14N6O. The van der Waals surface area contributed by atoms with Gasteiger partial charge in [0.15, 0.2) is 0 Å². The summed E-state index contributed by atoms with van der Waals surface area (Å²) in [5.41, 5.74) is 6.09. The molecule has 1 aliphatic heterocycles. The van der Waals surface area contributed by atoms with E-state index in [1.165, 1.54) is 0 Å². The van der Waals surface area contributed by atoms with Gasteiger partial charge in [-0.3, -0.25) is 4.79 Å². The number of nitrogens with zero attached hydrogens (tertiary/aromatic N) is 5. The molecule has 16 heavy (non-hydrogen) atoms. The van der Waals surface area contributed by atoms with Gasteiger partial charge in [-0.05, 0) is 31.2 Å². The maximum atomic E-state index is 11.5. The molecule has 2 rings (SSSR count). The average Bonchev–Trinajstić information content (AvgIpc) is 2.62. The maximum absolute atomic E-state index is 11.5. The van der Waals surface area contributed by atoms with Crippen molar-refractivity contribution in [1.82, 2.24) is 20.2 Å². The van der Waals surface area contributed by atoms with Crippen LogP contribution in [0.25, 0.3) is 0 Å². The number of nitrogens with two attached hydrogens (primary N) is 1. The van der Waals surface area contributed by atoms with Crippen LogP contribution in [0.1, 0.15) is 20.8 Å². The van der Waals surface area contributed by atoms with Crippen LogP contribution in [0, 0.1) is 0 Å². The Balaban J connectivity index is 2.71. The highest BCUT2D eigenvalue weighted by atomic mass is 16.1. The van der Waals surface area contributed by atoms with Gasteiger partial charge in [0.05, 0.1) is 11.1 Å². The molecule has 0 spiro atoms. The summed E-state index contributed by atoms with van der Waals surface area (Å²) < 4.78 is 1.60. The molecule has 0 radical (unpaired) electrons. The summed E-state index contributed by atoms with van der Waals surface area (Å²) in [6.45, 7) is 5.56. The van der Waals surface area contributed by atoms with Crippen molar-refractivity contribution in [3.05, 3.63) is 11.3 Å². The molecule has 0 unspecified atom stereocenters. The first kappa shape index (κ1) is 10.6. The lowest BCUT2D eigenvalue weighted by Crippen LogP contribution is -2.44. The molecule has 0 saturated heterocycles. The number of carbonyl (C=O) groups excluding carboxylic acids is 1. The standard InChI is InChI=1S/C9H14N6O/c1-5-6(7(10)16)9(2,3)15-8(14(5)4)11-12-13-15/h1-4H3,(H2,10,16). The maximum Gasteiger partial charge on any atom is 0.250 e. The minimum atomic E-state index is -0.624. The van der Waals surface area contributed by atoms with Crippen molar-refractivity contribution >= 4 is 11.9 Å². The fourth-order valence-electron chi connectivity index (χ4n) is 2.10. The van der Waals surface area contributed by atoms with Crippen molar-refractivity contribution in [3.8, 4) is 0 Å². The van der Waals surface area contributed by atoms with Gasteiger partial charge in [-0.25, -0.2) is 4.68 Å². The lowest BCUT2D eigenvalue weighted by atomic mass is 9.90. The lowest BCUT2D eigenvalue weighted by Gasteiger charge is -2.36. The highest BCUT2D eigenvalue weighted by molar-refractivity contribution is 5.95. The van der Waals surface area contributed by atoms with Crippen molar-refractivity contribution in [2.45, 2.75) is 26.3 Å². The van der Waals surface area contributed by atoms with Crippen LogP contribution in [-0.4, -0.2) is 33.2 Å². The zero-order valence-corrected chi connectivity index (χ0v) is 9.72. The Morgan fingerprint density at radius 1 is 1.44 bits per heavy atom. The number of anilines is 1. The van der Waals surface area contributed by atoms with Gasteiger partial charge in [-0.15, -0.1) is 0 Å². The molecule has 1 aliphatic rings. The summed E-state index contributed by atoms with van der Waals surface area (Å²) in [7, 11) is 1.80. The predicted molar refractivity (Wildman–Crippen MR) is 57.4 cm³/mol. The van der Waals surface area contributed by atoms with E-state index in [4.69, 9.17) is 5.73 Å². The summed E-state index contributed by atoms with van der Waals surface area (Å²) in [6.07, 6.45) is 0. The van der Waals surface area contributed by atoms with Gasteiger partial charge in [-0.1, -0.05) is 5.10 Å². The fourth-order valence-corrected chi connectivity index (χ4v) is 2.10. The van der Waals surface area contributed by atoms with Crippen LogP contribution in [0.2, 0.25) is 0 Å². The van der Waals surface area contributed by atoms with Gasteiger partial charge in [0.25, 0.3) is 0 Å². The second-order valence-electron chi connectivity index (χ2n) is 4.33. The largest absolute Gasteiger partial charge is 0.366 e. The van der Waals surface area contributed by atoms with E-state index in [9.17, 15) is 4.79 Å². The second-order valence-corrected chi connectivity index (χ2v) is 4.33. The Labute approximate surface area is 92.9 Å². The first-order valence-electron chi connectivity index (χ1n) is 4.91. The smallest absolute Gasteiger partial charge is 0.250 e. The van der Waals surface area contributed by atoms with Gasteiger partial charge < -0.3 is 10.6 Å². The van der Waals surface area contributed by atoms with Crippen LogP contribution < -0.4 is 10.6 Å². The molecule has 0 atom stereocenters. The molecule has 0 saturated carbocycles. The Morgan fingerprint density at radius 2 is 2.06 bits per heavy atom.